The lowest BCUT2D eigenvalue weighted by Crippen LogP contribution is -2.37. The van der Waals surface area contributed by atoms with E-state index in [2.05, 4.69) is 10.2 Å². The lowest BCUT2D eigenvalue weighted by Gasteiger charge is -2.27. The van der Waals surface area contributed by atoms with Gasteiger partial charge in [-0.05, 0) is 6.07 Å². The predicted octanol–water partition coefficient (Wildman–Crippen LogP) is 2.37. The highest BCUT2D eigenvalue weighted by Crippen LogP contribution is 2.29. The molecule has 0 spiro atoms. The Hall–Kier alpha value is -2.76. The molecular formula is C16H12F6N4O2. The molecule has 3 rings (SSSR count). The molecule has 28 heavy (non-hydrogen) atoms. The van der Waals surface area contributed by atoms with Crippen LogP contribution in [0.2, 0.25) is 0 Å². The van der Waals surface area contributed by atoms with Crippen molar-refractivity contribution in [3.63, 3.8) is 0 Å². The predicted molar refractivity (Wildman–Crippen MR) is 80.6 cm³/mol. The second-order valence-corrected chi connectivity index (χ2v) is 6.11. The molecule has 1 aromatic heterocycles. The van der Waals surface area contributed by atoms with E-state index in [0.717, 1.165) is 4.57 Å². The molecule has 0 radical (unpaired) electrons. The van der Waals surface area contributed by atoms with Crippen molar-refractivity contribution < 1.29 is 35.9 Å². The van der Waals surface area contributed by atoms with Gasteiger partial charge in [0.1, 0.15) is 11.6 Å². The SMILES string of the molecule is O=C(CCN1CCn2c(nnc2C(F)(F)F)C1)C(=O)c1cc(F)c(F)cc1F. The Bertz CT molecular complexity index is 940. The summed E-state index contributed by atoms with van der Waals surface area (Å²) in [5.74, 6) is -7.70. The smallest absolute Gasteiger partial charge is 0.305 e. The van der Waals surface area contributed by atoms with Crippen LogP contribution in [0.15, 0.2) is 12.1 Å². The van der Waals surface area contributed by atoms with Crippen molar-refractivity contribution in [2.24, 2.45) is 0 Å². The fourth-order valence-electron chi connectivity index (χ4n) is 2.83. The van der Waals surface area contributed by atoms with Crippen LogP contribution in [0.25, 0.3) is 0 Å². The lowest BCUT2D eigenvalue weighted by atomic mass is 10.0. The highest BCUT2D eigenvalue weighted by molar-refractivity contribution is 6.43. The van der Waals surface area contributed by atoms with Crippen LogP contribution in [-0.4, -0.2) is 44.3 Å². The zero-order valence-electron chi connectivity index (χ0n) is 14.1. The quantitative estimate of drug-likeness (QED) is 0.330. The Morgan fingerprint density at radius 2 is 1.68 bits per heavy atom. The fraction of sp³-hybridized carbons (Fsp3) is 0.375. The van der Waals surface area contributed by atoms with E-state index in [1.807, 2.05) is 0 Å². The number of hydrogen-bond donors (Lipinski definition) is 0. The summed E-state index contributed by atoms with van der Waals surface area (Å²) in [4.78, 5) is 25.5. The third-order valence-corrected chi connectivity index (χ3v) is 4.25. The first kappa shape index (κ1) is 20.0. The lowest BCUT2D eigenvalue weighted by molar-refractivity contribution is -0.148. The maximum atomic E-state index is 13.6. The highest BCUT2D eigenvalue weighted by atomic mass is 19.4. The normalized spacial score (nSPS) is 14.8. The van der Waals surface area contributed by atoms with Crippen LogP contribution in [0, 0.1) is 17.5 Å². The monoisotopic (exact) mass is 406 g/mol. The van der Waals surface area contributed by atoms with Gasteiger partial charge in [-0.15, -0.1) is 10.2 Å². The molecule has 0 aliphatic carbocycles. The van der Waals surface area contributed by atoms with Gasteiger partial charge >= 0.3 is 6.18 Å². The molecule has 1 aliphatic rings. The maximum absolute atomic E-state index is 13.6. The van der Waals surface area contributed by atoms with E-state index in [0.29, 0.717) is 6.07 Å². The summed E-state index contributed by atoms with van der Waals surface area (Å²) in [6.07, 6.45) is -5.01. The van der Waals surface area contributed by atoms with Gasteiger partial charge in [0.25, 0.3) is 0 Å². The summed E-state index contributed by atoms with van der Waals surface area (Å²) in [6, 6.07) is 0.485. The number of Topliss-reactive ketones (excluding diaryl/α,β-unsaturated/α-hetero) is 2. The van der Waals surface area contributed by atoms with Crippen LogP contribution in [0.4, 0.5) is 26.3 Å². The van der Waals surface area contributed by atoms with Crippen LogP contribution in [0.5, 0.6) is 0 Å². The number of carbonyl (C=O) groups excluding carboxylic acids is 2. The van der Waals surface area contributed by atoms with Gasteiger partial charge in [0.05, 0.1) is 12.1 Å². The Labute approximate surface area is 153 Å². The Kier molecular flexibility index (Phi) is 5.24. The van der Waals surface area contributed by atoms with Crippen LogP contribution < -0.4 is 0 Å². The van der Waals surface area contributed by atoms with Crippen molar-refractivity contribution in [1.29, 1.82) is 0 Å². The standard InChI is InChI=1S/C16H12F6N4O2/c17-9-6-11(19)10(18)5-8(9)14(28)12(27)1-2-25-3-4-26-13(7-25)23-24-15(26)16(20,21)22/h5-6H,1-4,7H2. The van der Waals surface area contributed by atoms with E-state index in [1.165, 1.54) is 0 Å². The van der Waals surface area contributed by atoms with Crippen LogP contribution in [0.3, 0.4) is 0 Å². The second-order valence-electron chi connectivity index (χ2n) is 6.11. The zero-order chi connectivity index (χ0) is 20.6. The molecule has 6 nitrogen and oxygen atoms in total. The highest BCUT2D eigenvalue weighted by Gasteiger charge is 2.39. The van der Waals surface area contributed by atoms with Gasteiger partial charge in [0.15, 0.2) is 11.6 Å². The number of ketones is 2. The number of nitrogens with zero attached hydrogens (tertiary/aromatic N) is 4. The summed E-state index contributed by atoms with van der Waals surface area (Å²) < 4.78 is 79.0. The minimum absolute atomic E-state index is 0.00984. The summed E-state index contributed by atoms with van der Waals surface area (Å²) in [6.45, 7) is 0.0560. The molecule has 12 heteroatoms. The molecule has 0 saturated heterocycles. The van der Waals surface area contributed by atoms with E-state index < -0.39 is 46.6 Å². The van der Waals surface area contributed by atoms with Crippen molar-refractivity contribution in [2.45, 2.75) is 25.7 Å². The van der Waals surface area contributed by atoms with Gasteiger partial charge in [0, 0.05) is 32.1 Å². The van der Waals surface area contributed by atoms with E-state index >= 15 is 0 Å². The fourth-order valence-corrected chi connectivity index (χ4v) is 2.83. The average molecular weight is 406 g/mol. The summed E-state index contributed by atoms with van der Waals surface area (Å²) in [5.41, 5.74) is -0.878. The molecule has 0 unspecified atom stereocenters. The molecule has 0 N–H and O–H groups in total. The molecule has 2 aromatic rings. The molecule has 0 amide bonds. The van der Waals surface area contributed by atoms with Crippen molar-refractivity contribution in [3.8, 4) is 0 Å². The molecule has 0 atom stereocenters. The van der Waals surface area contributed by atoms with Crippen LogP contribution >= 0.6 is 0 Å². The number of carbonyl (C=O) groups is 2. The first-order valence-corrected chi connectivity index (χ1v) is 8.01. The van der Waals surface area contributed by atoms with Gasteiger partial charge in [-0.25, -0.2) is 13.2 Å². The number of aromatic nitrogens is 3. The van der Waals surface area contributed by atoms with E-state index in [1.54, 1.807) is 4.90 Å². The number of halogens is 6. The molecule has 0 fully saturated rings. The van der Waals surface area contributed by atoms with Gasteiger partial charge in [-0.2, -0.15) is 13.2 Å². The zero-order valence-corrected chi connectivity index (χ0v) is 14.1. The number of alkyl halides is 3. The Balaban J connectivity index is 1.62. The second kappa shape index (κ2) is 7.34. The molecule has 1 aromatic carbocycles. The van der Waals surface area contributed by atoms with Gasteiger partial charge in [0.2, 0.25) is 17.4 Å². The van der Waals surface area contributed by atoms with E-state index in [9.17, 15) is 35.9 Å². The summed E-state index contributed by atoms with van der Waals surface area (Å²) >= 11 is 0. The topological polar surface area (TPSA) is 68.1 Å². The molecule has 150 valence electrons. The minimum atomic E-state index is -4.63. The van der Waals surface area contributed by atoms with Crippen molar-refractivity contribution in [3.05, 3.63) is 46.8 Å². The average Bonchev–Trinajstić information content (AvgIpc) is 3.05. The first-order chi connectivity index (χ1) is 13.1. The Morgan fingerprint density at radius 3 is 2.36 bits per heavy atom. The molecule has 1 aliphatic heterocycles. The Morgan fingerprint density at radius 1 is 1.00 bits per heavy atom. The van der Waals surface area contributed by atoms with E-state index in [-0.39, 0.29) is 44.5 Å². The van der Waals surface area contributed by atoms with Gasteiger partial charge in [-0.3, -0.25) is 14.5 Å². The number of rotatable bonds is 5. The first-order valence-electron chi connectivity index (χ1n) is 8.01. The van der Waals surface area contributed by atoms with Gasteiger partial charge in [-0.1, -0.05) is 0 Å². The number of fused-ring (bicyclic) bond motifs is 1. The third-order valence-electron chi connectivity index (χ3n) is 4.25. The van der Waals surface area contributed by atoms with E-state index in [4.69, 9.17) is 0 Å². The van der Waals surface area contributed by atoms with Crippen LogP contribution in [-0.2, 0) is 24.1 Å². The third kappa shape index (κ3) is 3.91. The molecule has 2 heterocycles. The van der Waals surface area contributed by atoms with Crippen molar-refractivity contribution in [1.82, 2.24) is 19.7 Å². The number of benzene rings is 1. The van der Waals surface area contributed by atoms with Crippen LogP contribution in [0.1, 0.15) is 28.4 Å². The van der Waals surface area contributed by atoms with Crippen molar-refractivity contribution in [2.75, 3.05) is 13.1 Å². The van der Waals surface area contributed by atoms with Crippen molar-refractivity contribution >= 4 is 11.6 Å². The molecule has 0 bridgehead atoms. The summed E-state index contributed by atoms with van der Waals surface area (Å²) in [5, 5.41) is 6.61. The minimum Gasteiger partial charge on any atom is -0.305 e. The summed E-state index contributed by atoms with van der Waals surface area (Å²) in [7, 11) is 0. The largest absolute Gasteiger partial charge is 0.451 e. The molecule has 0 saturated carbocycles. The molecular weight excluding hydrogens is 394 g/mol. The number of hydrogen-bond acceptors (Lipinski definition) is 5. The van der Waals surface area contributed by atoms with Gasteiger partial charge < -0.3 is 4.57 Å². The maximum Gasteiger partial charge on any atom is 0.451 e.